The summed E-state index contributed by atoms with van der Waals surface area (Å²) in [5.74, 6) is -9.19. The van der Waals surface area contributed by atoms with Crippen molar-refractivity contribution in [3.8, 4) is 0 Å². The van der Waals surface area contributed by atoms with Gasteiger partial charge in [-0.05, 0) is 55.1 Å². The third kappa shape index (κ3) is 5.85. The average Bonchev–Trinajstić information content (AvgIpc) is 3.18. The van der Waals surface area contributed by atoms with Crippen molar-refractivity contribution in [2.45, 2.75) is 29.4 Å². The van der Waals surface area contributed by atoms with E-state index >= 15 is 0 Å². The maximum atomic E-state index is 14.1. The van der Waals surface area contributed by atoms with Crippen molar-refractivity contribution in [2.75, 3.05) is 33.2 Å². The van der Waals surface area contributed by atoms with Crippen LogP contribution >= 0.6 is 15.9 Å². The lowest BCUT2D eigenvalue weighted by molar-refractivity contribution is -0.173. The molecule has 1 aliphatic rings. The van der Waals surface area contributed by atoms with Gasteiger partial charge in [-0.3, -0.25) is 14.5 Å². The van der Waals surface area contributed by atoms with Gasteiger partial charge in [-0.1, -0.05) is 15.9 Å². The van der Waals surface area contributed by atoms with Gasteiger partial charge in [0.25, 0.3) is 10.0 Å². The van der Waals surface area contributed by atoms with Crippen molar-refractivity contribution in [2.24, 2.45) is 0 Å². The number of fused-ring (bicyclic) bond motifs is 1. The van der Waals surface area contributed by atoms with Gasteiger partial charge in [-0.2, -0.15) is 0 Å². The van der Waals surface area contributed by atoms with Crippen LogP contribution in [-0.2, 0) is 31.0 Å². The number of benzene rings is 2. The molecule has 2 atom stereocenters. The van der Waals surface area contributed by atoms with Crippen molar-refractivity contribution < 1.29 is 47.6 Å². The molecule has 0 aliphatic carbocycles. The molecule has 0 saturated carbocycles. The van der Waals surface area contributed by atoms with Crippen LogP contribution in [0.5, 0.6) is 0 Å². The van der Waals surface area contributed by atoms with E-state index in [1.54, 1.807) is 0 Å². The topological polar surface area (TPSA) is 178 Å². The van der Waals surface area contributed by atoms with Crippen LogP contribution in [0.25, 0.3) is 10.9 Å². The molecule has 2 aromatic carbocycles. The van der Waals surface area contributed by atoms with Crippen molar-refractivity contribution in [1.82, 2.24) is 13.8 Å². The first-order chi connectivity index (χ1) is 19.2. The molecule has 1 aliphatic heterocycles. The van der Waals surface area contributed by atoms with Crippen molar-refractivity contribution in [1.29, 1.82) is 0 Å². The first-order valence-electron chi connectivity index (χ1n) is 12.3. The van der Waals surface area contributed by atoms with Crippen molar-refractivity contribution >= 4 is 54.8 Å². The van der Waals surface area contributed by atoms with Gasteiger partial charge in [-0.15, -0.1) is 0 Å². The third-order valence-electron chi connectivity index (χ3n) is 7.15. The van der Waals surface area contributed by atoms with E-state index in [-0.39, 0.29) is 23.0 Å². The van der Waals surface area contributed by atoms with Gasteiger partial charge in [0.05, 0.1) is 22.5 Å². The van der Waals surface area contributed by atoms with Gasteiger partial charge in [-0.25, -0.2) is 21.6 Å². The fourth-order valence-electron chi connectivity index (χ4n) is 5.05. The first-order valence-corrected chi connectivity index (χ1v) is 14.5. The number of nitrogens with zero attached hydrogens (tertiary/aromatic N) is 3. The smallest absolute Gasteiger partial charge is 0.337 e. The molecule has 2 unspecified atom stereocenters. The number of aromatic nitrogens is 1. The van der Waals surface area contributed by atoms with E-state index in [1.807, 2.05) is 11.9 Å². The Balaban J connectivity index is 2.13. The first kappa shape index (κ1) is 30.6. The number of carboxylic acid groups (broad SMARTS) is 3. The van der Waals surface area contributed by atoms with E-state index in [9.17, 15) is 47.6 Å². The van der Waals surface area contributed by atoms with Gasteiger partial charge in [0.15, 0.2) is 5.60 Å². The Kier molecular flexibility index (Phi) is 8.57. The second-order valence-electron chi connectivity index (χ2n) is 9.90. The van der Waals surface area contributed by atoms with E-state index in [1.165, 1.54) is 18.2 Å². The minimum Gasteiger partial charge on any atom is -0.481 e. The quantitative estimate of drug-likeness (QED) is 0.251. The number of aliphatic carboxylic acids is 3. The summed E-state index contributed by atoms with van der Waals surface area (Å²) in [6.45, 7) is 2.28. The number of hydrogen-bond acceptors (Lipinski definition) is 8. The maximum absolute atomic E-state index is 14.1. The highest BCUT2D eigenvalue weighted by atomic mass is 79.9. The Morgan fingerprint density at radius 2 is 1.63 bits per heavy atom. The highest BCUT2D eigenvalue weighted by molar-refractivity contribution is 9.10. The summed E-state index contributed by atoms with van der Waals surface area (Å²) in [6, 6.07) is 8.15. The molecule has 0 amide bonds. The monoisotopic (exact) mass is 655 g/mol. The van der Waals surface area contributed by atoms with Crippen LogP contribution in [-0.4, -0.2) is 99.4 Å². The Morgan fingerprint density at radius 3 is 2.17 bits per heavy atom. The Morgan fingerprint density at radius 1 is 1.02 bits per heavy atom. The van der Waals surface area contributed by atoms with Crippen molar-refractivity contribution in [3.05, 3.63) is 64.0 Å². The molecule has 2 heterocycles. The number of hydrogen-bond donors (Lipinski definition) is 4. The molecule has 12 nitrogen and oxygen atoms in total. The zero-order valence-corrected chi connectivity index (χ0v) is 24.1. The van der Waals surface area contributed by atoms with Crippen LogP contribution in [0.2, 0.25) is 0 Å². The predicted octanol–water partition coefficient (Wildman–Crippen LogP) is 1.99. The second kappa shape index (κ2) is 11.5. The van der Waals surface area contributed by atoms with E-state index in [0.717, 1.165) is 24.3 Å². The zero-order valence-electron chi connectivity index (χ0n) is 21.7. The molecule has 1 fully saturated rings. The lowest BCUT2D eigenvalue weighted by Gasteiger charge is -2.34. The summed E-state index contributed by atoms with van der Waals surface area (Å²) in [5.41, 5.74) is -4.00. The SMILES string of the molecule is CN1CCN(Cc2c(C(C(=O)O)C(O)(CC(=O)O)C(=O)O)n(S(=O)(=O)c3ccc(F)cc3)c3ccc(Br)cc23)CC1. The molecule has 4 N–H and O–H groups in total. The van der Waals surface area contributed by atoms with Gasteiger partial charge in [0, 0.05) is 42.6 Å². The molecule has 0 spiro atoms. The molecular formula is C26H27BrFN3O9S. The zero-order chi connectivity index (χ0) is 30.3. The third-order valence-corrected chi connectivity index (χ3v) is 9.38. The molecule has 0 bridgehead atoms. The van der Waals surface area contributed by atoms with E-state index in [2.05, 4.69) is 20.8 Å². The lowest BCUT2D eigenvalue weighted by atomic mass is 9.80. The normalized spacial score (nSPS) is 17.3. The fourth-order valence-corrected chi connectivity index (χ4v) is 7.00. The number of piperazine rings is 1. The van der Waals surface area contributed by atoms with Crippen LogP contribution in [0.1, 0.15) is 23.6 Å². The lowest BCUT2D eigenvalue weighted by Crippen LogP contribution is -2.50. The van der Waals surface area contributed by atoms with Gasteiger partial charge in [0.2, 0.25) is 0 Å². The summed E-state index contributed by atoms with van der Waals surface area (Å²) in [7, 11) is -2.84. The maximum Gasteiger partial charge on any atom is 0.337 e. The minimum absolute atomic E-state index is 0.0331. The standard InChI is InChI=1S/C26H27BrFN3O9S/c1-29-8-10-30(11-9-29)14-19-18-12-15(27)2-7-20(18)31(41(39,40)17-5-3-16(28)4-6-17)23(19)22(24(34)35)26(38,25(36)37)13-21(32)33/h2-7,12,22,38H,8-11,13-14H2,1H3,(H,32,33)(H,34,35)(H,36,37). The molecule has 3 aromatic rings. The van der Waals surface area contributed by atoms with E-state index in [4.69, 9.17) is 0 Å². The number of carbonyl (C=O) groups is 3. The second-order valence-corrected chi connectivity index (χ2v) is 12.6. The molecule has 1 aromatic heterocycles. The van der Waals surface area contributed by atoms with Gasteiger partial charge in [0.1, 0.15) is 11.7 Å². The molecular weight excluding hydrogens is 629 g/mol. The molecule has 4 rings (SSSR count). The molecule has 0 radical (unpaired) electrons. The number of halogens is 2. The van der Waals surface area contributed by atoms with Crippen LogP contribution in [0, 0.1) is 5.82 Å². The summed E-state index contributed by atoms with van der Waals surface area (Å²) in [5, 5.41) is 41.2. The Labute approximate surface area is 242 Å². The minimum atomic E-state index is -4.75. The summed E-state index contributed by atoms with van der Waals surface area (Å²) >= 11 is 3.34. The summed E-state index contributed by atoms with van der Waals surface area (Å²) in [4.78, 5) is 40.4. The Bertz CT molecular complexity index is 1620. The Hall–Kier alpha value is -3.37. The fraction of sp³-hybridized carbons (Fsp3) is 0.346. The van der Waals surface area contributed by atoms with E-state index < -0.39 is 62.3 Å². The number of carboxylic acids is 3. The number of aliphatic hydroxyl groups is 1. The van der Waals surface area contributed by atoms with Crippen LogP contribution in [0.4, 0.5) is 4.39 Å². The number of rotatable bonds is 10. The molecule has 220 valence electrons. The largest absolute Gasteiger partial charge is 0.481 e. The molecule has 1 saturated heterocycles. The van der Waals surface area contributed by atoms with Crippen LogP contribution in [0.15, 0.2) is 51.8 Å². The highest BCUT2D eigenvalue weighted by Gasteiger charge is 2.54. The van der Waals surface area contributed by atoms with Gasteiger partial charge >= 0.3 is 17.9 Å². The highest BCUT2D eigenvalue weighted by Crippen LogP contribution is 2.42. The molecule has 15 heteroatoms. The van der Waals surface area contributed by atoms with Gasteiger partial charge < -0.3 is 25.3 Å². The number of likely N-dealkylation sites (N-methyl/N-ethyl adjacent to an activating group) is 1. The average molecular weight is 656 g/mol. The molecule has 41 heavy (non-hydrogen) atoms. The van der Waals surface area contributed by atoms with Crippen molar-refractivity contribution in [3.63, 3.8) is 0 Å². The van der Waals surface area contributed by atoms with E-state index in [0.29, 0.717) is 34.6 Å². The van der Waals surface area contributed by atoms with Crippen LogP contribution in [0.3, 0.4) is 0 Å². The predicted molar refractivity (Wildman–Crippen MR) is 147 cm³/mol. The summed E-state index contributed by atoms with van der Waals surface area (Å²) < 4.78 is 43.1. The summed E-state index contributed by atoms with van der Waals surface area (Å²) in [6.07, 6.45) is -1.53. The van der Waals surface area contributed by atoms with Crippen LogP contribution < -0.4 is 0 Å².